The molecule has 0 aliphatic rings. The predicted molar refractivity (Wildman–Crippen MR) is 161 cm³/mol. The maximum Gasteiger partial charge on any atom is 0.104 e. The molecule has 0 aliphatic carbocycles. The van der Waals surface area contributed by atoms with E-state index in [2.05, 4.69) is 110 Å². The molecule has 0 aliphatic heterocycles. The maximum atomic E-state index is 7.36. The van der Waals surface area contributed by atoms with E-state index in [1.807, 2.05) is 0 Å². The molecule has 0 fully saturated rings. The fourth-order valence-corrected chi connectivity index (χ4v) is 6.55. The van der Waals surface area contributed by atoms with E-state index in [9.17, 15) is 0 Å². The Balaban J connectivity index is 1.82. The molecule has 0 saturated heterocycles. The van der Waals surface area contributed by atoms with Crippen molar-refractivity contribution >= 4 is 0 Å². The number of hydrogen-bond donors (Lipinski definition) is 1. The first-order chi connectivity index (χ1) is 17.4. The highest BCUT2D eigenvalue weighted by Gasteiger charge is 2.30. The summed E-state index contributed by atoms with van der Waals surface area (Å²) in [5.74, 6) is 0. The average Bonchev–Trinajstić information content (AvgIpc) is 2.76. The van der Waals surface area contributed by atoms with Crippen LogP contribution in [0.1, 0.15) is 76.8 Å². The fraction of sp³-hybridized carbons (Fsp3) is 0.486. The molecule has 3 rings (SSSR count). The third kappa shape index (κ3) is 8.55. The van der Waals surface area contributed by atoms with E-state index >= 15 is 0 Å². The Morgan fingerprint density at radius 1 is 0.568 bits per heavy atom. The largest absolute Gasteiger partial charge is 0.324 e. The lowest BCUT2D eigenvalue weighted by molar-refractivity contribution is -0.938. The summed E-state index contributed by atoms with van der Waals surface area (Å²) in [5.41, 5.74) is 19.3. The second kappa shape index (κ2) is 12.4. The first-order valence-corrected chi connectivity index (χ1v) is 14.3. The molecular formula is C35H51N2+. The van der Waals surface area contributed by atoms with Crippen molar-refractivity contribution in [1.29, 1.82) is 0 Å². The lowest BCUT2D eigenvalue weighted by Gasteiger charge is -2.39. The van der Waals surface area contributed by atoms with Gasteiger partial charge in [0.15, 0.2) is 0 Å². The minimum absolute atomic E-state index is 0.266. The molecule has 0 aromatic heterocycles. The number of benzene rings is 3. The van der Waals surface area contributed by atoms with Gasteiger partial charge in [0.2, 0.25) is 0 Å². The number of nitrogens with zero attached hydrogens (tertiary/aromatic N) is 1. The molecule has 0 amide bonds. The zero-order chi connectivity index (χ0) is 27.2. The van der Waals surface area contributed by atoms with Crippen molar-refractivity contribution < 1.29 is 4.48 Å². The van der Waals surface area contributed by atoms with Crippen molar-refractivity contribution in [3.8, 4) is 0 Å². The van der Waals surface area contributed by atoms with Crippen molar-refractivity contribution in [3.63, 3.8) is 0 Å². The molecule has 200 valence electrons. The van der Waals surface area contributed by atoms with E-state index in [0.29, 0.717) is 0 Å². The number of nitrogens with two attached hydrogens (primary N) is 1. The first-order valence-electron chi connectivity index (χ1n) is 14.3. The van der Waals surface area contributed by atoms with E-state index in [0.717, 1.165) is 49.8 Å². The molecule has 0 unspecified atom stereocenters. The van der Waals surface area contributed by atoms with Gasteiger partial charge in [0, 0.05) is 11.1 Å². The number of aryl methyl sites for hydroxylation is 6. The van der Waals surface area contributed by atoms with Crippen molar-refractivity contribution in [3.05, 3.63) is 105 Å². The highest BCUT2D eigenvalue weighted by Crippen LogP contribution is 2.26. The summed E-state index contributed by atoms with van der Waals surface area (Å²) in [5, 5.41) is 0. The molecule has 37 heavy (non-hydrogen) atoms. The molecule has 0 saturated carbocycles. The minimum atomic E-state index is -0.266. The van der Waals surface area contributed by atoms with Crippen molar-refractivity contribution in [2.75, 3.05) is 19.6 Å². The summed E-state index contributed by atoms with van der Waals surface area (Å²) in [4.78, 5) is 0. The Labute approximate surface area is 227 Å². The molecule has 0 radical (unpaired) electrons. The summed E-state index contributed by atoms with van der Waals surface area (Å²) in [6.07, 6.45) is 3.99. The highest BCUT2D eigenvalue weighted by atomic mass is 15.3. The Hall–Kier alpha value is -2.42. The predicted octanol–water partition coefficient (Wildman–Crippen LogP) is 7.86. The van der Waals surface area contributed by atoms with Crippen LogP contribution < -0.4 is 5.73 Å². The molecule has 0 atom stereocenters. The van der Waals surface area contributed by atoms with Gasteiger partial charge in [-0.2, -0.15) is 0 Å². The SMILES string of the molecule is CC[N+](CC)(CCCC(N)(Cc1cc(C)cc(C)c1)Cc1cc(C)cc(C)c1)Cc1cc(C)cc(C)c1. The van der Waals surface area contributed by atoms with Gasteiger partial charge >= 0.3 is 0 Å². The van der Waals surface area contributed by atoms with Crippen LogP contribution in [0.2, 0.25) is 0 Å². The second-order valence-electron chi connectivity index (χ2n) is 12.2. The van der Waals surface area contributed by atoms with E-state index in [1.54, 1.807) is 0 Å². The van der Waals surface area contributed by atoms with Crippen LogP contribution in [-0.4, -0.2) is 29.7 Å². The van der Waals surface area contributed by atoms with E-state index in [1.165, 1.54) is 56.6 Å². The third-order valence-corrected chi connectivity index (χ3v) is 8.12. The molecule has 0 spiro atoms. The van der Waals surface area contributed by atoms with Crippen LogP contribution in [0.4, 0.5) is 0 Å². The van der Waals surface area contributed by atoms with Crippen LogP contribution in [0.25, 0.3) is 0 Å². The van der Waals surface area contributed by atoms with Crippen molar-refractivity contribution in [2.24, 2.45) is 5.73 Å². The summed E-state index contributed by atoms with van der Waals surface area (Å²) >= 11 is 0. The minimum Gasteiger partial charge on any atom is -0.324 e. The molecule has 0 bridgehead atoms. The molecule has 2 nitrogen and oxygen atoms in total. The zero-order valence-corrected chi connectivity index (χ0v) is 24.9. The zero-order valence-electron chi connectivity index (χ0n) is 24.9. The van der Waals surface area contributed by atoms with Crippen molar-refractivity contribution in [2.45, 2.75) is 93.2 Å². The van der Waals surface area contributed by atoms with Crippen LogP contribution in [-0.2, 0) is 19.4 Å². The lowest BCUT2D eigenvalue weighted by atomic mass is 9.81. The summed E-state index contributed by atoms with van der Waals surface area (Å²) in [6.45, 7) is 22.5. The van der Waals surface area contributed by atoms with Gasteiger partial charge in [0.1, 0.15) is 6.54 Å². The van der Waals surface area contributed by atoms with Crippen LogP contribution in [0.15, 0.2) is 54.6 Å². The van der Waals surface area contributed by atoms with Gasteiger partial charge in [-0.25, -0.2) is 0 Å². The fourth-order valence-electron chi connectivity index (χ4n) is 6.55. The van der Waals surface area contributed by atoms with Gasteiger partial charge in [0.05, 0.1) is 19.6 Å². The molecule has 2 heteroatoms. The molecular weight excluding hydrogens is 448 g/mol. The smallest absolute Gasteiger partial charge is 0.104 e. The Kier molecular flexibility index (Phi) is 9.78. The van der Waals surface area contributed by atoms with Crippen LogP contribution >= 0.6 is 0 Å². The van der Waals surface area contributed by atoms with Gasteiger partial charge in [0.25, 0.3) is 0 Å². The monoisotopic (exact) mass is 499 g/mol. The van der Waals surface area contributed by atoms with E-state index < -0.39 is 0 Å². The summed E-state index contributed by atoms with van der Waals surface area (Å²) < 4.78 is 1.12. The molecule has 3 aromatic rings. The molecule has 2 N–H and O–H groups in total. The molecule has 3 aromatic carbocycles. The normalized spacial score (nSPS) is 12.2. The van der Waals surface area contributed by atoms with Crippen LogP contribution in [0.5, 0.6) is 0 Å². The van der Waals surface area contributed by atoms with Gasteiger partial charge in [-0.3, -0.25) is 0 Å². The highest BCUT2D eigenvalue weighted by molar-refractivity contribution is 5.33. The van der Waals surface area contributed by atoms with Gasteiger partial charge in [-0.1, -0.05) is 88.0 Å². The second-order valence-corrected chi connectivity index (χ2v) is 12.2. The maximum absolute atomic E-state index is 7.36. The van der Waals surface area contributed by atoms with Crippen molar-refractivity contribution in [1.82, 2.24) is 0 Å². The Morgan fingerprint density at radius 3 is 1.27 bits per heavy atom. The number of quaternary nitrogens is 1. The Morgan fingerprint density at radius 2 is 0.919 bits per heavy atom. The number of rotatable bonds is 12. The van der Waals surface area contributed by atoms with Crippen LogP contribution in [0, 0.1) is 41.5 Å². The molecule has 0 heterocycles. The van der Waals surface area contributed by atoms with Gasteiger partial charge in [-0.15, -0.1) is 0 Å². The first kappa shape index (κ1) is 29.1. The van der Waals surface area contributed by atoms with Gasteiger partial charge < -0.3 is 10.2 Å². The van der Waals surface area contributed by atoms with E-state index in [-0.39, 0.29) is 5.54 Å². The average molecular weight is 500 g/mol. The van der Waals surface area contributed by atoms with Gasteiger partial charge in [-0.05, 0) is 92.2 Å². The quantitative estimate of drug-likeness (QED) is 0.252. The lowest BCUT2D eigenvalue weighted by Crippen LogP contribution is -2.49. The topological polar surface area (TPSA) is 26.0 Å². The summed E-state index contributed by atoms with van der Waals surface area (Å²) in [7, 11) is 0. The third-order valence-electron chi connectivity index (χ3n) is 8.12. The number of hydrogen-bond acceptors (Lipinski definition) is 1. The van der Waals surface area contributed by atoms with E-state index in [4.69, 9.17) is 5.73 Å². The standard InChI is InChI=1S/C35H51N2/c1-9-37(10-2,25-34-21-30(7)16-31(8)22-34)13-11-12-35(36,23-32-17-26(3)14-27(4)18-32)24-33-19-28(5)15-29(6)20-33/h14-22H,9-13,23-25,36H2,1-8H3/q+1. The summed E-state index contributed by atoms with van der Waals surface area (Å²) in [6, 6.07) is 20.8. The Bertz CT molecular complexity index is 1070. The van der Waals surface area contributed by atoms with Crippen LogP contribution in [0.3, 0.4) is 0 Å².